The topological polar surface area (TPSA) is 89.0 Å². The number of amides is 1. The molecule has 1 aliphatic heterocycles. The molecule has 0 saturated carbocycles. The lowest BCUT2D eigenvalue weighted by Crippen LogP contribution is -2.25. The van der Waals surface area contributed by atoms with E-state index in [1.54, 1.807) is 4.57 Å². The minimum Gasteiger partial charge on any atom is -0.376 e. The number of thioether (sulfide) groups is 1. The second-order valence-electron chi connectivity index (χ2n) is 6.67. The normalized spacial score (nSPS) is 17.0. The molecule has 2 aromatic rings. The van der Waals surface area contributed by atoms with Gasteiger partial charge in [0.1, 0.15) is 0 Å². The van der Waals surface area contributed by atoms with Crippen LogP contribution in [0.4, 0.5) is 5.69 Å². The predicted molar refractivity (Wildman–Crippen MR) is 102 cm³/mol. The van der Waals surface area contributed by atoms with Crippen LogP contribution in [0.5, 0.6) is 0 Å². The minimum atomic E-state index is -0.271. The van der Waals surface area contributed by atoms with Crippen molar-refractivity contribution in [3.05, 3.63) is 40.3 Å². The molecule has 0 unspecified atom stereocenters. The molecule has 7 nitrogen and oxygen atoms in total. The van der Waals surface area contributed by atoms with Gasteiger partial charge in [-0.15, -0.1) is 5.10 Å². The summed E-state index contributed by atoms with van der Waals surface area (Å²) < 4.78 is 7.12. The second kappa shape index (κ2) is 8.55. The summed E-state index contributed by atoms with van der Waals surface area (Å²) in [5.74, 6) is 0.504. The Morgan fingerprint density at radius 3 is 2.85 bits per heavy atom. The van der Waals surface area contributed by atoms with Crippen LogP contribution in [0, 0.1) is 0 Å². The number of benzene rings is 1. The second-order valence-corrected chi connectivity index (χ2v) is 7.61. The summed E-state index contributed by atoms with van der Waals surface area (Å²) in [7, 11) is 0. The van der Waals surface area contributed by atoms with Gasteiger partial charge >= 0.3 is 5.69 Å². The molecule has 2 N–H and O–H groups in total. The van der Waals surface area contributed by atoms with Crippen molar-refractivity contribution < 1.29 is 9.53 Å². The van der Waals surface area contributed by atoms with Gasteiger partial charge in [0.15, 0.2) is 5.16 Å². The Labute approximate surface area is 156 Å². The molecule has 2 heterocycles. The molecule has 1 aliphatic rings. The van der Waals surface area contributed by atoms with Gasteiger partial charge in [0.2, 0.25) is 5.91 Å². The van der Waals surface area contributed by atoms with E-state index < -0.39 is 0 Å². The SMILES string of the molecule is CC(C)c1ccc(NC(=O)CSc2n[nH]c(=O)n2C[C@H]2CCCO2)cc1. The Balaban J connectivity index is 1.55. The Kier molecular flexibility index (Phi) is 6.16. The van der Waals surface area contributed by atoms with Crippen LogP contribution in [0.15, 0.2) is 34.2 Å². The highest BCUT2D eigenvalue weighted by Crippen LogP contribution is 2.20. The predicted octanol–water partition coefficient (Wildman–Crippen LogP) is 2.60. The van der Waals surface area contributed by atoms with Crippen molar-refractivity contribution >= 4 is 23.4 Å². The maximum absolute atomic E-state index is 12.2. The van der Waals surface area contributed by atoms with Crippen LogP contribution in [0.3, 0.4) is 0 Å². The quantitative estimate of drug-likeness (QED) is 0.725. The number of nitrogens with one attached hydrogen (secondary N) is 2. The van der Waals surface area contributed by atoms with Gasteiger partial charge in [-0.05, 0) is 36.5 Å². The molecule has 0 spiro atoms. The summed E-state index contributed by atoms with van der Waals surface area (Å²) in [5.41, 5.74) is 1.72. The van der Waals surface area contributed by atoms with Crippen molar-refractivity contribution in [3.63, 3.8) is 0 Å². The number of carbonyl (C=O) groups excluding carboxylic acids is 1. The lowest BCUT2D eigenvalue weighted by molar-refractivity contribution is -0.113. The molecule has 1 saturated heterocycles. The van der Waals surface area contributed by atoms with E-state index in [2.05, 4.69) is 29.4 Å². The maximum Gasteiger partial charge on any atom is 0.344 e. The Bertz CT molecular complexity index is 792. The van der Waals surface area contributed by atoms with Crippen molar-refractivity contribution in [2.75, 3.05) is 17.7 Å². The zero-order valence-corrected chi connectivity index (χ0v) is 15.8. The van der Waals surface area contributed by atoms with Gasteiger partial charge < -0.3 is 10.1 Å². The first kappa shape index (κ1) is 18.7. The zero-order chi connectivity index (χ0) is 18.5. The maximum atomic E-state index is 12.2. The number of H-pyrrole nitrogens is 1. The number of nitrogens with zero attached hydrogens (tertiary/aromatic N) is 2. The highest BCUT2D eigenvalue weighted by Gasteiger charge is 2.20. The highest BCUT2D eigenvalue weighted by atomic mass is 32.2. The molecule has 1 aromatic heterocycles. The van der Waals surface area contributed by atoms with E-state index in [4.69, 9.17) is 4.74 Å². The van der Waals surface area contributed by atoms with E-state index in [-0.39, 0.29) is 23.5 Å². The van der Waals surface area contributed by atoms with Crippen LogP contribution in [0.25, 0.3) is 0 Å². The summed E-state index contributed by atoms with van der Waals surface area (Å²) in [5, 5.41) is 9.85. The van der Waals surface area contributed by atoms with E-state index in [1.165, 1.54) is 17.3 Å². The number of hydrogen-bond donors (Lipinski definition) is 2. The minimum absolute atomic E-state index is 0.0398. The van der Waals surface area contributed by atoms with Gasteiger partial charge in [-0.2, -0.15) is 0 Å². The van der Waals surface area contributed by atoms with E-state index in [0.29, 0.717) is 17.6 Å². The smallest absolute Gasteiger partial charge is 0.344 e. The average molecular weight is 376 g/mol. The van der Waals surface area contributed by atoms with Crippen molar-refractivity contribution in [3.8, 4) is 0 Å². The number of aromatic nitrogens is 3. The van der Waals surface area contributed by atoms with E-state index in [9.17, 15) is 9.59 Å². The first-order chi connectivity index (χ1) is 12.5. The Morgan fingerprint density at radius 2 is 2.19 bits per heavy atom. The number of ether oxygens (including phenoxy) is 1. The summed E-state index contributed by atoms with van der Waals surface area (Å²) in [6, 6.07) is 7.83. The third-order valence-electron chi connectivity index (χ3n) is 4.33. The summed E-state index contributed by atoms with van der Waals surface area (Å²) in [4.78, 5) is 24.1. The molecule has 1 atom stereocenters. The molecular weight excluding hydrogens is 352 g/mol. The Morgan fingerprint density at radius 1 is 1.42 bits per heavy atom. The number of hydrogen-bond acceptors (Lipinski definition) is 5. The van der Waals surface area contributed by atoms with E-state index >= 15 is 0 Å². The zero-order valence-electron chi connectivity index (χ0n) is 15.0. The van der Waals surface area contributed by atoms with Gasteiger partial charge in [0.05, 0.1) is 18.4 Å². The average Bonchev–Trinajstić information content (AvgIpc) is 3.25. The van der Waals surface area contributed by atoms with E-state index in [0.717, 1.165) is 25.1 Å². The monoisotopic (exact) mass is 376 g/mol. The fourth-order valence-corrected chi connectivity index (χ4v) is 3.60. The largest absolute Gasteiger partial charge is 0.376 e. The van der Waals surface area contributed by atoms with Crippen LogP contribution in [-0.4, -0.2) is 39.1 Å². The molecule has 140 valence electrons. The van der Waals surface area contributed by atoms with Crippen LogP contribution < -0.4 is 11.0 Å². The first-order valence-electron chi connectivity index (χ1n) is 8.82. The lowest BCUT2D eigenvalue weighted by atomic mass is 10.0. The molecule has 0 aliphatic carbocycles. The molecule has 3 rings (SSSR count). The molecule has 1 aromatic carbocycles. The number of anilines is 1. The number of carbonyl (C=O) groups is 1. The van der Waals surface area contributed by atoms with Crippen molar-refractivity contribution in [1.82, 2.24) is 14.8 Å². The molecular formula is C18H24N4O3S. The van der Waals surface area contributed by atoms with Crippen LogP contribution >= 0.6 is 11.8 Å². The van der Waals surface area contributed by atoms with Gasteiger partial charge in [0.25, 0.3) is 0 Å². The van der Waals surface area contributed by atoms with E-state index in [1.807, 2.05) is 24.3 Å². The fourth-order valence-electron chi connectivity index (χ4n) is 2.84. The summed E-state index contributed by atoms with van der Waals surface area (Å²) in [6.45, 7) is 5.46. The van der Waals surface area contributed by atoms with Crippen molar-refractivity contribution in [1.29, 1.82) is 0 Å². The molecule has 8 heteroatoms. The van der Waals surface area contributed by atoms with Crippen molar-refractivity contribution in [2.24, 2.45) is 0 Å². The van der Waals surface area contributed by atoms with Gasteiger partial charge in [0, 0.05) is 12.3 Å². The van der Waals surface area contributed by atoms with Gasteiger partial charge in [-0.25, -0.2) is 9.89 Å². The van der Waals surface area contributed by atoms with Crippen LogP contribution in [0.2, 0.25) is 0 Å². The van der Waals surface area contributed by atoms with Gasteiger partial charge in [-0.3, -0.25) is 9.36 Å². The number of rotatable bonds is 7. The Hall–Kier alpha value is -2.06. The number of aromatic amines is 1. The molecule has 26 heavy (non-hydrogen) atoms. The van der Waals surface area contributed by atoms with Crippen LogP contribution in [-0.2, 0) is 16.1 Å². The fraction of sp³-hybridized carbons (Fsp3) is 0.500. The molecule has 0 bridgehead atoms. The summed E-state index contributed by atoms with van der Waals surface area (Å²) in [6.07, 6.45) is 1.99. The highest BCUT2D eigenvalue weighted by molar-refractivity contribution is 7.99. The van der Waals surface area contributed by atoms with Gasteiger partial charge in [-0.1, -0.05) is 37.7 Å². The molecule has 1 amide bonds. The standard InChI is InChI=1S/C18H24N4O3S/c1-12(2)13-5-7-14(8-6-13)19-16(23)11-26-18-21-20-17(24)22(18)10-15-4-3-9-25-15/h5-8,12,15H,3-4,9-11H2,1-2H3,(H,19,23)(H,20,24)/t15-/m1/s1. The molecule has 0 radical (unpaired) electrons. The van der Waals surface area contributed by atoms with Crippen molar-refractivity contribution in [2.45, 2.75) is 50.4 Å². The first-order valence-corrected chi connectivity index (χ1v) is 9.81. The van der Waals surface area contributed by atoms with Crippen LogP contribution in [0.1, 0.15) is 38.2 Å². The summed E-state index contributed by atoms with van der Waals surface area (Å²) >= 11 is 1.24. The third-order valence-corrected chi connectivity index (χ3v) is 5.30. The third kappa shape index (κ3) is 4.76. The lowest BCUT2D eigenvalue weighted by Gasteiger charge is -2.11. The molecule has 1 fully saturated rings.